The summed E-state index contributed by atoms with van der Waals surface area (Å²) in [7, 11) is 2.02. The number of rotatable bonds is 5. The van der Waals surface area contributed by atoms with Crippen LogP contribution in [0, 0.1) is 17.8 Å². The third kappa shape index (κ3) is 5.91. The molecule has 2 aliphatic rings. The van der Waals surface area contributed by atoms with E-state index in [1.807, 2.05) is 7.05 Å². The summed E-state index contributed by atoms with van der Waals surface area (Å²) in [5.74, 6) is 2.48. The minimum Gasteiger partial charge on any atom is -0.341 e. The van der Waals surface area contributed by atoms with E-state index in [1.54, 1.807) is 0 Å². The largest absolute Gasteiger partial charge is 0.341 e. The lowest BCUT2D eigenvalue weighted by molar-refractivity contribution is -0.139. The maximum absolute atomic E-state index is 12.8. The molecule has 0 aliphatic carbocycles. The molecule has 2 saturated heterocycles. The van der Waals surface area contributed by atoms with Crippen molar-refractivity contribution >= 4 is 18.3 Å². The van der Waals surface area contributed by atoms with Gasteiger partial charge in [-0.2, -0.15) is 0 Å². The van der Waals surface area contributed by atoms with Crippen LogP contribution in [0.25, 0.3) is 0 Å². The number of piperidine rings is 2. The van der Waals surface area contributed by atoms with Crippen LogP contribution in [0.4, 0.5) is 0 Å². The van der Waals surface area contributed by atoms with Gasteiger partial charge in [0.25, 0.3) is 0 Å². The normalized spacial score (nSPS) is 28.3. The Bertz CT molecular complexity index is 348. The highest BCUT2D eigenvalue weighted by molar-refractivity contribution is 5.85. The summed E-state index contributed by atoms with van der Waals surface area (Å²) in [5.41, 5.74) is 0. The predicted molar refractivity (Wildman–Crippen MR) is 99.1 cm³/mol. The van der Waals surface area contributed by atoms with Crippen molar-refractivity contribution in [2.24, 2.45) is 17.8 Å². The Kier molecular flexibility index (Phi) is 8.88. The summed E-state index contributed by atoms with van der Waals surface area (Å²) >= 11 is 0. The van der Waals surface area contributed by atoms with Crippen molar-refractivity contribution in [1.82, 2.24) is 15.1 Å². The van der Waals surface area contributed by atoms with Gasteiger partial charge in [0.2, 0.25) is 5.91 Å². The first-order valence-corrected chi connectivity index (χ1v) is 9.18. The van der Waals surface area contributed by atoms with Crippen LogP contribution in [0.2, 0.25) is 0 Å². The smallest absolute Gasteiger partial charge is 0.239 e. The number of carbonyl (C=O) groups is 1. The number of hydrogen-bond acceptors (Lipinski definition) is 3. The summed E-state index contributed by atoms with van der Waals surface area (Å²) in [4.78, 5) is 17.3. The van der Waals surface area contributed by atoms with Crippen LogP contribution in [0.5, 0.6) is 0 Å². The molecule has 1 N–H and O–H groups in total. The maximum Gasteiger partial charge on any atom is 0.239 e. The Balaban J connectivity index is 0.00000264. The Hall–Kier alpha value is -0.320. The first-order chi connectivity index (χ1) is 10.5. The number of halogens is 1. The summed E-state index contributed by atoms with van der Waals surface area (Å²) in [6.45, 7) is 11.8. The summed E-state index contributed by atoms with van der Waals surface area (Å²) < 4.78 is 0. The molecule has 1 amide bonds. The van der Waals surface area contributed by atoms with E-state index in [-0.39, 0.29) is 18.4 Å². The Labute approximate surface area is 148 Å². The molecule has 0 aromatic rings. The second-order valence-electron chi connectivity index (χ2n) is 7.74. The van der Waals surface area contributed by atoms with Gasteiger partial charge in [-0.1, -0.05) is 13.8 Å². The SMILES string of the molecule is CNCCC1CCN(C(C)C(=O)N2CC(C)CC(C)C2)CC1.Cl. The van der Waals surface area contributed by atoms with E-state index in [2.05, 4.69) is 35.9 Å². The van der Waals surface area contributed by atoms with E-state index in [1.165, 1.54) is 25.7 Å². The van der Waals surface area contributed by atoms with E-state index >= 15 is 0 Å². The van der Waals surface area contributed by atoms with Gasteiger partial charge in [-0.15, -0.1) is 12.4 Å². The lowest BCUT2D eigenvalue weighted by atomic mass is 9.90. The second kappa shape index (κ2) is 9.85. The minimum absolute atomic E-state index is 0. The summed E-state index contributed by atoms with van der Waals surface area (Å²) in [5, 5.41) is 3.24. The van der Waals surface area contributed by atoms with E-state index in [0.29, 0.717) is 17.7 Å². The molecule has 5 heteroatoms. The molecular weight excluding hydrogens is 310 g/mol. The molecule has 0 aromatic carbocycles. The molecule has 2 aliphatic heterocycles. The van der Waals surface area contributed by atoms with Crippen molar-refractivity contribution in [3.05, 3.63) is 0 Å². The number of hydrogen-bond donors (Lipinski definition) is 1. The highest BCUT2D eigenvalue weighted by Crippen LogP contribution is 2.25. The molecule has 2 heterocycles. The quantitative estimate of drug-likeness (QED) is 0.832. The van der Waals surface area contributed by atoms with Gasteiger partial charge in [0, 0.05) is 13.1 Å². The monoisotopic (exact) mass is 345 g/mol. The molecule has 3 atom stereocenters. The molecule has 2 fully saturated rings. The number of likely N-dealkylation sites (tertiary alicyclic amines) is 2. The van der Waals surface area contributed by atoms with Crippen molar-refractivity contribution in [3.8, 4) is 0 Å². The molecule has 0 bridgehead atoms. The first kappa shape index (κ1) is 20.7. The highest BCUT2D eigenvalue weighted by Gasteiger charge is 2.32. The molecule has 23 heavy (non-hydrogen) atoms. The molecule has 3 unspecified atom stereocenters. The maximum atomic E-state index is 12.8. The van der Waals surface area contributed by atoms with Crippen LogP contribution in [0.3, 0.4) is 0 Å². The van der Waals surface area contributed by atoms with Crippen LogP contribution >= 0.6 is 12.4 Å². The van der Waals surface area contributed by atoms with Crippen molar-refractivity contribution in [2.75, 3.05) is 39.8 Å². The van der Waals surface area contributed by atoms with Gasteiger partial charge < -0.3 is 10.2 Å². The zero-order chi connectivity index (χ0) is 16.1. The molecule has 0 spiro atoms. The van der Waals surface area contributed by atoms with E-state index < -0.39 is 0 Å². The molecule has 0 aromatic heterocycles. The zero-order valence-corrected chi connectivity index (χ0v) is 16.2. The number of nitrogens with zero attached hydrogens (tertiary/aromatic N) is 2. The fraction of sp³-hybridized carbons (Fsp3) is 0.944. The van der Waals surface area contributed by atoms with Gasteiger partial charge in [0.05, 0.1) is 6.04 Å². The Morgan fingerprint density at radius 3 is 2.26 bits per heavy atom. The van der Waals surface area contributed by atoms with Gasteiger partial charge in [0.15, 0.2) is 0 Å². The molecule has 2 rings (SSSR count). The molecule has 0 radical (unpaired) electrons. The van der Waals surface area contributed by atoms with Crippen LogP contribution in [-0.4, -0.2) is 61.5 Å². The average Bonchev–Trinajstić information content (AvgIpc) is 2.51. The van der Waals surface area contributed by atoms with Crippen molar-refractivity contribution < 1.29 is 4.79 Å². The van der Waals surface area contributed by atoms with Crippen LogP contribution in [0.1, 0.15) is 46.5 Å². The zero-order valence-electron chi connectivity index (χ0n) is 15.4. The van der Waals surface area contributed by atoms with Crippen molar-refractivity contribution in [3.63, 3.8) is 0 Å². The summed E-state index contributed by atoms with van der Waals surface area (Å²) in [6, 6.07) is 0.0581. The van der Waals surface area contributed by atoms with Gasteiger partial charge in [-0.3, -0.25) is 9.69 Å². The lowest BCUT2D eigenvalue weighted by Crippen LogP contribution is -2.53. The standard InChI is InChI=1S/C18H35N3O.ClH/c1-14-11-15(2)13-21(12-14)18(22)16(3)20-9-6-17(7-10-20)5-8-19-4;/h14-17,19H,5-13H2,1-4H3;1H. The van der Waals surface area contributed by atoms with Crippen LogP contribution < -0.4 is 5.32 Å². The Morgan fingerprint density at radius 2 is 1.74 bits per heavy atom. The van der Waals surface area contributed by atoms with Crippen molar-refractivity contribution in [1.29, 1.82) is 0 Å². The third-order valence-corrected chi connectivity index (χ3v) is 5.54. The van der Waals surface area contributed by atoms with Crippen LogP contribution in [-0.2, 0) is 4.79 Å². The fourth-order valence-electron chi connectivity index (χ4n) is 4.24. The van der Waals surface area contributed by atoms with E-state index in [4.69, 9.17) is 0 Å². The molecular formula is C18H36ClN3O. The highest BCUT2D eigenvalue weighted by atomic mass is 35.5. The minimum atomic E-state index is 0. The molecule has 0 saturated carbocycles. The predicted octanol–water partition coefficient (Wildman–Crippen LogP) is 2.62. The first-order valence-electron chi connectivity index (χ1n) is 9.18. The average molecular weight is 346 g/mol. The number of carbonyl (C=O) groups excluding carboxylic acids is 1. The second-order valence-corrected chi connectivity index (χ2v) is 7.74. The fourth-order valence-corrected chi connectivity index (χ4v) is 4.24. The number of nitrogens with one attached hydrogen (secondary N) is 1. The van der Waals surface area contributed by atoms with E-state index in [9.17, 15) is 4.79 Å². The van der Waals surface area contributed by atoms with Gasteiger partial charge >= 0.3 is 0 Å². The molecule has 4 nitrogen and oxygen atoms in total. The topological polar surface area (TPSA) is 35.6 Å². The summed E-state index contributed by atoms with van der Waals surface area (Å²) in [6.07, 6.45) is 5.01. The van der Waals surface area contributed by atoms with Gasteiger partial charge in [-0.05, 0) is 77.0 Å². The van der Waals surface area contributed by atoms with Crippen LogP contribution in [0.15, 0.2) is 0 Å². The third-order valence-electron chi connectivity index (χ3n) is 5.54. The van der Waals surface area contributed by atoms with Gasteiger partial charge in [-0.25, -0.2) is 0 Å². The van der Waals surface area contributed by atoms with E-state index in [0.717, 1.165) is 38.6 Å². The Morgan fingerprint density at radius 1 is 1.17 bits per heavy atom. The van der Waals surface area contributed by atoms with Gasteiger partial charge in [0.1, 0.15) is 0 Å². The number of amides is 1. The molecule has 136 valence electrons. The lowest BCUT2D eigenvalue weighted by Gasteiger charge is -2.40. The van der Waals surface area contributed by atoms with Crippen molar-refractivity contribution in [2.45, 2.75) is 52.5 Å².